The lowest BCUT2D eigenvalue weighted by molar-refractivity contribution is -0.129. The summed E-state index contributed by atoms with van der Waals surface area (Å²) >= 11 is 0. The van der Waals surface area contributed by atoms with Crippen LogP contribution >= 0.6 is 0 Å². The van der Waals surface area contributed by atoms with Crippen LogP contribution < -0.4 is 16.4 Å². The second-order valence-corrected chi connectivity index (χ2v) is 13.2. The van der Waals surface area contributed by atoms with Crippen LogP contribution in [0.25, 0.3) is 0 Å². The van der Waals surface area contributed by atoms with Crippen LogP contribution in [0.4, 0.5) is 8.78 Å². The highest BCUT2D eigenvalue weighted by molar-refractivity contribution is 5.82. The molecule has 0 spiro atoms. The molecule has 2 aromatic rings. The van der Waals surface area contributed by atoms with E-state index in [4.69, 9.17) is 0 Å². The molecular weight excluding hydrogens is 562 g/mol. The van der Waals surface area contributed by atoms with Gasteiger partial charge in [0.1, 0.15) is 17.9 Å². The van der Waals surface area contributed by atoms with Gasteiger partial charge in [0.05, 0.1) is 24.7 Å². The lowest BCUT2D eigenvalue weighted by Crippen LogP contribution is -2.57. The van der Waals surface area contributed by atoms with E-state index in [-0.39, 0.29) is 36.4 Å². The second-order valence-electron chi connectivity index (χ2n) is 13.2. The zero-order chi connectivity index (χ0) is 32.3. The zero-order valence-corrected chi connectivity index (χ0v) is 26.9. The fourth-order valence-corrected chi connectivity index (χ4v) is 6.60. The normalized spacial score (nSPS) is 20.1. The summed E-state index contributed by atoms with van der Waals surface area (Å²) in [7, 11) is 1.50. The Morgan fingerprint density at radius 3 is 2.39 bits per heavy atom. The molecule has 2 fully saturated rings. The van der Waals surface area contributed by atoms with E-state index < -0.39 is 29.8 Å². The number of aliphatic hydroxyl groups excluding tert-OH is 1. The first kappa shape index (κ1) is 35.8. The number of piperidine rings is 1. The maximum atomic E-state index is 14.1. The highest BCUT2D eigenvalue weighted by atomic mass is 19.1. The number of nitrogens with one attached hydrogen (secondary N) is 2. The lowest BCUT2D eigenvalue weighted by Gasteiger charge is -2.41. The topological polar surface area (TPSA) is 108 Å². The number of carbonyl (C=O) groups excluding carboxylic acids is 2. The summed E-state index contributed by atoms with van der Waals surface area (Å²) in [6, 6.07) is 10.7. The smallest absolute Gasteiger partial charge is 0.237 e. The molecule has 3 atom stereocenters. The van der Waals surface area contributed by atoms with Gasteiger partial charge in [0.25, 0.3) is 0 Å². The number of halogens is 2. The van der Waals surface area contributed by atoms with E-state index in [0.29, 0.717) is 18.5 Å². The summed E-state index contributed by atoms with van der Waals surface area (Å²) in [6.45, 7) is 7.60. The number of rotatable bonds is 11. The maximum absolute atomic E-state index is 14.1. The number of aldehydes is 1. The predicted octanol–water partition coefficient (Wildman–Crippen LogP) is 4.73. The van der Waals surface area contributed by atoms with Crippen LogP contribution in [-0.4, -0.2) is 67.1 Å². The highest BCUT2D eigenvalue weighted by Gasteiger charge is 2.36. The van der Waals surface area contributed by atoms with Crippen molar-refractivity contribution in [2.45, 2.75) is 108 Å². The van der Waals surface area contributed by atoms with Gasteiger partial charge in [0.2, 0.25) is 5.91 Å². The molecule has 1 saturated carbocycles. The summed E-state index contributed by atoms with van der Waals surface area (Å²) in [4.78, 5) is 26.6. The molecule has 4 rings (SSSR count). The first-order valence-electron chi connectivity index (χ1n) is 16.1. The Balaban J connectivity index is 0.00000259. The molecule has 5 N–H and O–H groups in total. The number of nitrogens with zero attached hydrogens (tertiary/aromatic N) is 1. The second kappa shape index (κ2) is 16.5. The van der Waals surface area contributed by atoms with Crippen LogP contribution in [0.15, 0.2) is 42.5 Å². The molecule has 0 bridgehead atoms. The highest BCUT2D eigenvalue weighted by Crippen LogP contribution is 2.38. The molecule has 1 aliphatic heterocycles. The Bertz CT molecular complexity index is 1190. The van der Waals surface area contributed by atoms with Crippen molar-refractivity contribution in [1.29, 1.82) is 0 Å². The molecule has 2 aromatic carbocycles. The average Bonchev–Trinajstić information content (AvgIpc) is 3.00. The monoisotopic (exact) mass is 614 g/mol. The number of benzene rings is 2. The standard InChI is InChI=1S/C34H47F2N3O3.CH5N/c1-33(2,3)25-10-9-11-26(21-25)34(13-6-4-7-14-34)37-23-31(41)29(20-24-18-27(35)22-28(36)19-24)38-32(42)30-12-5-8-15-39(30)16-17-40;1-2/h9-11,17-19,21-22,29-31,37,41H,4-8,12-16,20,23H2,1-3H3,(H,38,42);2H2,1H3. The average molecular weight is 615 g/mol. The zero-order valence-electron chi connectivity index (χ0n) is 26.9. The van der Waals surface area contributed by atoms with Gasteiger partial charge in [0.15, 0.2) is 0 Å². The number of likely N-dealkylation sites (tertiary alicyclic amines) is 1. The maximum Gasteiger partial charge on any atom is 0.237 e. The van der Waals surface area contributed by atoms with E-state index in [1.54, 1.807) is 0 Å². The summed E-state index contributed by atoms with van der Waals surface area (Å²) in [5.41, 5.74) is 6.98. The van der Waals surface area contributed by atoms with Gasteiger partial charge in [-0.1, -0.05) is 70.7 Å². The molecule has 9 heteroatoms. The molecule has 2 aliphatic rings. The molecule has 1 heterocycles. The first-order chi connectivity index (χ1) is 21.0. The van der Waals surface area contributed by atoms with E-state index in [2.05, 4.69) is 61.4 Å². The summed E-state index contributed by atoms with van der Waals surface area (Å²) in [6.07, 6.45) is 7.40. The van der Waals surface area contributed by atoms with Crippen LogP contribution in [0.5, 0.6) is 0 Å². The van der Waals surface area contributed by atoms with Crippen LogP contribution in [0.3, 0.4) is 0 Å². The summed E-state index contributed by atoms with van der Waals surface area (Å²) < 4.78 is 28.1. The van der Waals surface area contributed by atoms with Gasteiger partial charge in [-0.25, -0.2) is 8.78 Å². The third-order valence-electron chi connectivity index (χ3n) is 9.03. The van der Waals surface area contributed by atoms with Crippen molar-refractivity contribution in [3.63, 3.8) is 0 Å². The number of amides is 1. The molecule has 244 valence electrons. The minimum Gasteiger partial charge on any atom is -0.390 e. The van der Waals surface area contributed by atoms with Crippen molar-refractivity contribution in [3.8, 4) is 0 Å². The molecule has 0 radical (unpaired) electrons. The van der Waals surface area contributed by atoms with Crippen molar-refractivity contribution in [1.82, 2.24) is 15.5 Å². The molecule has 3 unspecified atom stereocenters. The third-order valence-corrected chi connectivity index (χ3v) is 9.03. The first-order valence-corrected chi connectivity index (χ1v) is 16.1. The molecule has 1 saturated heterocycles. The minimum absolute atomic E-state index is 0.00214. The summed E-state index contributed by atoms with van der Waals surface area (Å²) in [5.74, 6) is -1.68. The van der Waals surface area contributed by atoms with Crippen LogP contribution in [0.2, 0.25) is 0 Å². The van der Waals surface area contributed by atoms with Crippen LogP contribution in [0.1, 0.15) is 88.8 Å². The van der Waals surface area contributed by atoms with E-state index in [0.717, 1.165) is 57.3 Å². The van der Waals surface area contributed by atoms with Crippen molar-refractivity contribution < 1.29 is 23.5 Å². The lowest BCUT2D eigenvalue weighted by atomic mass is 9.74. The molecule has 0 aromatic heterocycles. The predicted molar refractivity (Wildman–Crippen MR) is 171 cm³/mol. The van der Waals surface area contributed by atoms with E-state index in [9.17, 15) is 23.5 Å². The summed E-state index contributed by atoms with van der Waals surface area (Å²) in [5, 5.41) is 18.3. The number of nitrogens with two attached hydrogens (primary N) is 1. The Morgan fingerprint density at radius 2 is 1.75 bits per heavy atom. The molecule has 7 nitrogen and oxygen atoms in total. The number of aliphatic hydroxyl groups is 1. The van der Waals surface area contributed by atoms with E-state index in [1.807, 2.05) is 4.90 Å². The largest absolute Gasteiger partial charge is 0.390 e. The van der Waals surface area contributed by atoms with Crippen molar-refractivity contribution in [2.75, 3.05) is 26.7 Å². The number of carbonyl (C=O) groups is 2. The van der Waals surface area contributed by atoms with E-state index in [1.165, 1.54) is 30.3 Å². The van der Waals surface area contributed by atoms with Crippen molar-refractivity contribution in [3.05, 3.63) is 70.8 Å². The van der Waals surface area contributed by atoms with Gasteiger partial charge >= 0.3 is 0 Å². The fraction of sp³-hybridized carbons (Fsp3) is 0.600. The van der Waals surface area contributed by atoms with Gasteiger partial charge in [-0.3, -0.25) is 9.69 Å². The van der Waals surface area contributed by atoms with Crippen LogP contribution in [0, 0.1) is 11.6 Å². The van der Waals surface area contributed by atoms with E-state index >= 15 is 0 Å². The Hall–Kier alpha value is -2.72. The molecule has 1 aliphatic carbocycles. The molecule has 44 heavy (non-hydrogen) atoms. The quantitative estimate of drug-likeness (QED) is 0.273. The Morgan fingerprint density at radius 1 is 1.07 bits per heavy atom. The molecule has 1 amide bonds. The van der Waals surface area contributed by atoms with Gasteiger partial charge in [-0.2, -0.15) is 0 Å². The van der Waals surface area contributed by atoms with Gasteiger partial charge in [0, 0.05) is 18.2 Å². The SMILES string of the molecule is CC(C)(C)c1cccc(C2(NCC(O)C(Cc3cc(F)cc(F)c3)NC(=O)C3CCCCN3CC=O)CCCCC2)c1.CN. The van der Waals surface area contributed by atoms with Gasteiger partial charge < -0.3 is 26.3 Å². The fourth-order valence-electron chi connectivity index (χ4n) is 6.60. The van der Waals surface area contributed by atoms with Crippen molar-refractivity contribution in [2.24, 2.45) is 5.73 Å². The van der Waals surface area contributed by atoms with Gasteiger partial charge in [-0.15, -0.1) is 0 Å². The Kier molecular flexibility index (Phi) is 13.4. The Labute approximate surface area is 262 Å². The number of hydrogen-bond acceptors (Lipinski definition) is 6. The minimum atomic E-state index is -1.02. The number of hydrogen-bond donors (Lipinski definition) is 4. The van der Waals surface area contributed by atoms with Crippen molar-refractivity contribution >= 4 is 12.2 Å². The third kappa shape index (κ3) is 9.64. The van der Waals surface area contributed by atoms with Gasteiger partial charge in [-0.05, 0) is 79.9 Å². The van der Waals surface area contributed by atoms with Crippen LogP contribution in [-0.2, 0) is 27.0 Å². The molecular formula is C35H52F2N4O3.